The summed E-state index contributed by atoms with van der Waals surface area (Å²) in [4.78, 5) is 2.72. The number of nitrogens with two attached hydrogens (primary N) is 1. The molecule has 0 aromatic carbocycles. The first-order valence-corrected chi connectivity index (χ1v) is 3.72. The van der Waals surface area contributed by atoms with E-state index in [9.17, 15) is 0 Å². The summed E-state index contributed by atoms with van der Waals surface area (Å²) in [6, 6.07) is -0.190. The van der Waals surface area contributed by atoms with Gasteiger partial charge in [0.2, 0.25) is 0 Å². The highest BCUT2D eigenvalue weighted by Crippen LogP contribution is 2.20. The Hall–Kier alpha value is -0.810. The van der Waals surface area contributed by atoms with Crippen molar-refractivity contribution in [3.63, 3.8) is 0 Å². The third-order valence-electron chi connectivity index (χ3n) is 1.78. The molecule has 6 nitrogen and oxygen atoms in total. The van der Waals surface area contributed by atoms with E-state index >= 15 is 0 Å². The Kier molecular flexibility index (Phi) is 3.31. The van der Waals surface area contributed by atoms with Gasteiger partial charge in [-0.15, -0.1) is 0 Å². The van der Waals surface area contributed by atoms with Crippen LogP contribution in [0.1, 0.15) is 6.42 Å². The average molecular weight is 172 g/mol. The van der Waals surface area contributed by atoms with Crippen LogP contribution in [-0.4, -0.2) is 32.1 Å². The van der Waals surface area contributed by atoms with E-state index < -0.39 is 0 Å². The zero-order valence-corrected chi connectivity index (χ0v) is 6.88. The van der Waals surface area contributed by atoms with Gasteiger partial charge in [-0.05, 0) is 12.0 Å². The molecule has 0 aromatic heterocycles. The third-order valence-corrected chi connectivity index (χ3v) is 1.78. The molecule has 1 heterocycles. The van der Waals surface area contributed by atoms with Gasteiger partial charge in [-0.1, -0.05) is 5.11 Å². The standard InChI is InChI=1S/C6H12N4O2/c1-11-3-5-4(9-10-8)2-6(7)12-5/h4-6H,2-3,7H2,1H3/t4?,5-,6-/m1/s1. The van der Waals surface area contributed by atoms with Crippen molar-refractivity contribution in [2.24, 2.45) is 10.8 Å². The van der Waals surface area contributed by atoms with Crippen molar-refractivity contribution in [2.45, 2.75) is 24.8 Å². The predicted octanol–water partition coefficient (Wildman–Crippen LogP) is 0.385. The van der Waals surface area contributed by atoms with Gasteiger partial charge < -0.3 is 15.2 Å². The van der Waals surface area contributed by atoms with Crippen LogP contribution < -0.4 is 5.73 Å². The fourth-order valence-electron chi connectivity index (χ4n) is 1.26. The molecule has 0 amide bonds. The highest BCUT2D eigenvalue weighted by atomic mass is 16.5. The van der Waals surface area contributed by atoms with E-state index in [1.165, 1.54) is 0 Å². The summed E-state index contributed by atoms with van der Waals surface area (Å²) in [6.07, 6.45) is 0.0412. The molecule has 0 bridgehead atoms. The fourth-order valence-corrected chi connectivity index (χ4v) is 1.26. The molecule has 6 heteroatoms. The van der Waals surface area contributed by atoms with Crippen LogP contribution in [0.25, 0.3) is 10.4 Å². The van der Waals surface area contributed by atoms with Gasteiger partial charge in [0, 0.05) is 12.0 Å². The number of ether oxygens (including phenoxy) is 2. The smallest absolute Gasteiger partial charge is 0.106 e. The largest absolute Gasteiger partial charge is 0.382 e. The second kappa shape index (κ2) is 4.27. The van der Waals surface area contributed by atoms with Gasteiger partial charge in [-0.2, -0.15) is 0 Å². The molecule has 1 saturated heterocycles. The van der Waals surface area contributed by atoms with E-state index in [4.69, 9.17) is 20.7 Å². The topological polar surface area (TPSA) is 93.2 Å². The van der Waals surface area contributed by atoms with Crippen LogP contribution in [0, 0.1) is 0 Å². The Morgan fingerprint density at radius 3 is 3.17 bits per heavy atom. The Labute approximate surface area is 70.3 Å². The van der Waals surface area contributed by atoms with Crippen LogP contribution in [0.15, 0.2) is 5.11 Å². The molecule has 0 saturated carbocycles. The summed E-state index contributed by atoms with van der Waals surface area (Å²) in [5, 5.41) is 3.57. The van der Waals surface area contributed by atoms with Crippen LogP contribution in [0.3, 0.4) is 0 Å². The molecule has 0 radical (unpaired) electrons. The minimum absolute atomic E-state index is 0.190. The van der Waals surface area contributed by atoms with Crippen molar-refractivity contribution in [1.29, 1.82) is 0 Å². The molecule has 0 aromatic rings. The molecule has 68 valence electrons. The molecule has 1 rings (SSSR count). The molecular weight excluding hydrogens is 160 g/mol. The van der Waals surface area contributed by atoms with Gasteiger partial charge in [0.25, 0.3) is 0 Å². The summed E-state index contributed by atoms with van der Waals surface area (Å²) >= 11 is 0. The minimum atomic E-state index is -0.333. The number of hydrogen-bond donors (Lipinski definition) is 1. The van der Waals surface area contributed by atoms with Gasteiger partial charge in [0.15, 0.2) is 0 Å². The third kappa shape index (κ3) is 2.09. The predicted molar refractivity (Wildman–Crippen MR) is 42.3 cm³/mol. The summed E-state index contributed by atoms with van der Waals surface area (Å²) in [6.45, 7) is 0.414. The summed E-state index contributed by atoms with van der Waals surface area (Å²) in [5.41, 5.74) is 13.7. The molecule has 3 atom stereocenters. The van der Waals surface area contributed by atoms with Gasteiger partial charge in [-0.3, -0.25) is 0 Å². The minimum Gasteiger partial charge on any atom is -0.382 e. The molecule has 1 aliphatic rings. The van der Waals surface area contributed by atoms with Gasteiger partial charge in [0.05, 0.1) is 18.8 Å². The van der Waals surface area contributed by atoms with Gasteiger partial charge >= 0.3 is 0 Å². The van der Waals surface area contributed by atoms with Crippen molar-refractivity contribution >= 4 is 0 Å². The van der Waals surface area contributed by atoms with E-state index in [1.807, 2.05) is 0 Å². The van der Waals surface area contributed by atoms with Crippen molar-refractivity contribution in [2.75, 3.05) is 13.7 Å². The van der Waals surface area contributed by atoms with E-state index in [2.05, 4.69) is 10.0 Å². The van der Waals surface area contributed by atoms with Crippen LogP contribution in [0.2, 0.25) is 0 Å². The van der Waals surface area contributed by atoms with Gasteiger partial charge in [0.1, 0.15) is 6.23 Å². The SMILES string of the molecule is COC[C@H]1O[C@@H](N)CC1N=[N+]=[N-]. The van der Waals surface area contributed by atoms with E-state index in [0.717, 1.165) is 0 Å². The molecule has 0 spiro atoms. The lowest BCUT2D eigenvalue weighted by atomic mass is 10.1. The van der Waals surface area contributed by atoms with E-state index in [0.29, 0.717) is 13.0 Å². The fraction of sp³-hybridized carbons (Fsp3) is 1.00. The quantitative estimate of drug-likeness (QED) is 0.379. The number of rotatable bonds is 3. The molecule has 1 fully saturated rings. The van der Waals surface area contributed by atoms with Crippen molar-refractivity contribution in [1.82, 2.24) is 0 Å². The molecule has 12 heavy (non-hydrogen) atoms. The molecule has 1 aliphatic heterocycles. The van der Waals surface area contributed by atoms with Crippen molar-refractivity contribution in [3.05, 3.63) is 10.4 Å². The Bertz CT molecular complexity index is 192. The molecule has 1 unspecified atom stereocenters. The second-order valence-electron chi connectivity index (χ2n) is 2.68. The maximum absolute atomic E-state index is 8.22. The Morgan fingerprint density at radius 2 is 2.58 bits per heavy atom. The highest BCUT2D eigenvalue weighted by Gasteiger charge is 2.32. The Morgan fingerprint density at radius 1 is 1.83 bits per heavy atom. The maximum atomic E-state index is 8.22. The van der Waals surface area contributed by atoms with Crippen molar-refractivity contribution in [3.8, 4) is 0 Å². The average Bonchev–Trinajstić information content (AvgIpc) is 2.33. The first kappa shape index (κ1) is 9.28. The van der Waals surface area contributed by atoms with Crippen LogP contribution in [0.4, 0.5) is 0 Å². The Balaban J connectivity index is 2.52. The monoisotopic (exact) mass is 172 g/mol. The van der Waals surface area contributed by atoms with Crippen LogP contribution in [-0.2, 0) is 9.47 Å². The normalized spacial score (nSPS) is 34.7. The lowest BCUT2D eigenvalue weighted by molar-refractivity contribution is -0.00262. The first-order valence-electron chi connectivity index (χ1n) is 3.72. The number of azide groups is 1. The molecule has 0 aliphatic carbocycles. The maximum Gasteiger partial charge on any atom is 0.106 e. The number of hydrogen-bond acceptors (Lipinski definition) is 4. The molecule has 2 N–H and O–H groups in total. The zero-order valence-electron chi connectivity index (χ0n) is 6.88. The summed E-state index contributed by atoms with van der Waals surface area (Å²) in [7, 11) is 1.57. The lowest BCUT2D eigenvalue weighted by Crippen LogP contribution is -2.25. The lowest BCUT2D eigenvalue weighted by Gasteiger charge is -2.12. The number of nitrogens with zero attached hydrogens (tertiary/aromatic N) is 3. The zero-order chi connectivity index (χ0) is 8.97. The van der Waals surface area contributed by atoms with Crippen molar-refractivity contribution < 1.29 is 9.47 Å². The van der Waals surface area contributed by atoms with E-state index in [-0.39, 0.29) is 18.4 Å². The van der Waals surface area contributed by atoms with E-state index in [1.54, 1.807) is 7.11 Å². The molecular formula is C6H12N4O2. The summed E-state index contributed by atoms with van der Waals surface area (Å²) < 4.78 is 10.1. The first-order chi connectivity index (χ1) is 5.77. The van der Waals surface area contributed by atoms with Crippen LogP contribution in [0.5, 0.6) is 0 Å². The highest BCUT2D eigenvalue weighted by molar-refractivity contribution is 4.85. The van der Waals surface area contributed by atoms with Gasteiger partial charge in [-0.25, -0.2) is 0 Å². The summed E-state index contributed by atoms with van der Waals surface area (Å²) in [5.74, 6) is 0. The number of methoxy groups -OCH3 is 1. The second-order valence-corrected chi connectivity index (χ2v) is 2.68. The van der Waals surface area contributed by atoms with Crippen LogP contribution >= 0.6 is 0 Å².